The molecule has 1 atom stereocenters. The van der Waals surface area contributed by atoms with Crippen LogP contribution in [0.25, 0.3) is 0 Å². The minimum Gasteiger partial charge on any atom is -0.489 e. The number of amides is 1. The van der Waals surface area contributed by atoms with Crippen LogP contribution in [0.15, 0.2) is 78.9 Å². The zero-order valence-electron chi connectivity index (χ0n) is 17.5. The molecule has 0 spiro atoms. The van der Waals surface area contributed by atoms with Crippen molar-refractivity contribution < 1.29 is 9.53 Å². The van der Waals surface area contributed by atoms with E-state index in [1.165, 1.54) is 5.56 Å². The van der Waals surface area contributed by atoms with Crippen molar-refractivity contribution in [2.45, 2.75) is 26.0 Å². The fraction of sp³-hybridized carbons (Fsp3) is 0.269. The number of hydrogen-bond acceptors (Lipinski definition) is 3. The fourth-order valence-corrected chi connectivity index (χ4v) is 4.14. The molecule has 0 aliphatic carbocycles. The van der Waals surface area contributed by atoms with Crippen molar-refractivity contribution in [3.63, 3.8) is 0 Å². The van der Waals surface area contributed by atoms with Gasteiger partial charge in [0.1, 0.15) is 12.4 Å². The summed E-state index contributed by atoms with van der Waals surface area (Å²) in [5, 5.41) is 3.81. The van der Waals surface area contributed by atoms with E-state index in [9.17, 15) is 4.79 Å². The first kappa shape index (κ1) is 21.4. The molecule has 4 nitrogen and oxygen atoms in total. The van der Waals surface area contributed by atoms with Crippen LogP contribution in [0.2, 0.25) is 5.02 Å². The minimum atomic E-state index is -0.0121. The fourth-order valence-electron chi connectivity index (χ4n) is 3.93. The maximum Gasteiger partial charge on any atom is 0.228 e. The van der Waals surface area contributed by atoms with Crippen LogP contribution < -0.4 is 10.1 Å². The highest BCUT2D eigenvalue weighted by Gasteiger charge is 2.26. The summed E-state index contributed by atoms with van der Waals surface area (Å²) in [5.74, 6) is 0.850. The molecule has 4 rings (SSSR count). The molecule has 0 saturated carbocycles. The normalized spacial score (nSPS) is 16.6. The van der Waals surface area contributed by atoms with Crippen molar-refractivity contribution in [3.8, 4) is 5.75 Å². The number of ether oxygens (including phenoxy) is 1. The Labute approximate surface area is 188 Å². The van der Waals surface area contributed by atoms with Gasteiger partial charge in [0.05, 0.1) is 5.92 Å². The van der Waals surface area contributed by atoms with E-state index in [-0.39, 0.29) is 11.8 Å². The number of piperidine rings is 1. The average molecular weight is 435 g/mol. The van der Waals surface area contributed by atoms with Gasteiger partial charge in [0, 0.05) is 23.8 Å². The van der Waals surface area contributed by atoms with Crippen molar-refractivity contribution in [1.29, 1.82) is 0 Å². The van der Waals surface area contributed by atoms with Crippen molar-refractivity contribution in [2.24, 2.45) is 5.92 Å². The summed E-state index contributed by atoms with van der Waals surface area (Å²) in [6.07, 6.45) is 1.93. The third-order valence-corrected chi connectivity index (χ3v) is 5.78. The van der Waals surface area contributed by atoms with Crippen molar-refractivity contribution in [2.75, 3.05) is 18.4 Å². The molecule has 1 heterocycles. The quantitative estimate of drug-likeness (QED) is 0.513. The first-order valence-corrected chi connectivity index (χ1v) is 11.1. The summed E-state index contributed by atoms with van der Waals surface area (Å²) < 4.78 is 5.82. The lowest BCUT2D eigenvalue weighted by Crippen LogP contribution is -2.40. The number of rotatable bonds is 7. The van der Waals surface area contributed by atoms with Gasteiger partial charge in [0.25, 0.3) is 0 Å². The number of hydrogen-bond donors (Lipinski definition) is 1. The summed E-state index contributed by atoms with van der Waals surface area (Å²) in [6.45, 7) is 3.11. The Morgan fingerprint density at radius 1 is 1.00 bits per heavy atom. The number of nitrogens with zero attached hydrogens (tertiary/aromatic N) is 1. The molecule has 1 aliphatic heterocycles. The summed E-state index contributed by atoms with van der Waals surface area (Å²) in [5.41, 5.74) is 3.10. The smallest absolute Gasteiger partial charge is 0.228 e. The SMILES string of the molecule is O=C(Nc1ccc(OCc2ccccc2)cc1)C1CCCN(Cc2cccc(Cl)c2)C1. The van der Waals surface area contributed by atoms with Crippen LogP contribution in [0.3, 0.4) is 0 Å². The van der Waals surface area contributed by atoms with E-state index in [2.05, 4.69) is 16.3 Å². The predicted octanol–water partition coefficient (Wildman–Crippen LogP) is 5.77. The standard InChI is InChI=1S/C26H27ClN2O2/c27-23-10-4-8-21(16-23)17-29-15-5-9-22(18-29)26(30)28-24-11-13-25(14-12-24)31-19-20-6-2-1-3-7-20/h1-4,6-8,10-14,16,22H,5,9,15,17-19H2,(H,28,30). The van der Waals surface area contributed by atoms with Crippen molar-refractivity contribution >= 4 is 23.2 Å². The van der Waals surface area contributed by atoms with Gasteiger partial charge in [-0.3, -0.25) is 9.69 Å². The number of benzene rings is 3. The lowest BCUT2D eigenvalue weighted by molar-refractivity contribution is -0.121. The topological polar surface area (TPSA) is 41.6 Å². The van der Waals surface area contributed by atoms with Crippen LogP contribution in [-0.4, -0.2) is 23.9 Å². The predicted molar refractivity (Wildman–Crippen MR) is 125 cm³/mol. The minimum absolute atomic E-state index is 0.0121. The molecule has 31 heavy (non-hydrogen) atoms. The maximum atomic E-state index is 12.8. The molecule has 0 radical (unpaired) electrons. The zero-order chi connectivity index (χ0) is 21.5. The maximum absolute atomic E-state index is 12.8. The first-order valence-electron chi connectivity index (χ1n) is 10.7. The van der Waals surface area contributed by atoms with E-state index in [1.54, 1.807) is 0 Å². The lowest BCUT2D eigenvalue weighted by atomic mass is 9.96. The summed E-state index contributed by atoms with van der Waals surface area (Å²) in [7, 11) is 0. The molecule has 0 aromatic heterocycles. The lowest BCUT2D eigenvalue weighted by Gasteiger charge is -2.32. The molecule has 1 aliphatic rings. The summed E-state index contributed by atoms with van der Waals surface area (Å²) in [6, 6.07) is 25.6. The Kier molecular flexibility index (Phi) is 7.23. The van der Waals surface area contributed by atoms with Crippen LogP contribution in [0, 0.1) is 5.92 Å². The van der Waals surface area contributed by atoms with Crippen LogP contribution in [0.1, 0.15) is 24.0 Å². The van der Waals surface area contributed by atoms with Gasteiger partial charge in [-0.2, -0.15) is 0 Å². The molecule has 1 fully saturated rings. The van der Waals surface area contributed by atoms with E-state index in [4.69, 9.17) is 16.3 Å². The second-order valence-electron chi connectivity index (χ2n) is 7.99. The number of carbonyl (C=O) groups excluding carboxylic acids is 1. The second-order valence-corrected chi connectivity index (χ2v) is 8.43. The molecule has 1 unspecified atom stereocenters. The van der Waals surface area contributed by atoms with Gasteiger partial charge in [-0.05, 0) is 66.9 Å². The number of nitrogens with one attached hydrogen (secondary N) is 1. The molecule has 3 aromatic rings. The zero-order valence-corrected chi connectivity index (χ0v) is 18.2. The largest absolute Gasteiger partial charge is 0.489 e. The summed E-state index contributed by atoms with van der Waals surface area (Å²) in [4.78, 5) is 15.2. The van der Waals surface area contributed by atoms with Gasteiger partial charge >= 0.3 is 0 Å². The Morgan fingerprint density at radius 3 is 2.55 bits per heavy atom. The number of halogens is 1. The molecule has 1 saturated heterocycles. The molecular formula is C26H27ClN2O2. The van der Waals surface area contributed by atoms with Crippen LogP contribution in [0.4, 0.5) is 5.69 Å². The van der Waals surface area contributed by atoms with E-state index >= 15 is 0 Å². The van der Waals surface area contributed by atoms with Crippen LogP contribution in [0.5, 0.6) is 5.75 Å². The van der Waals surface area contributed by atoms with Gasteiger partial charge in [-0.15, -0.1) is 0 Å². The molecule has 160 valence electrons. The highest BCUT2D eigenvalue weighted by atomic mass is 35.5. The Balaban J connectivity index is 1.28. The van der Waals surface area contributed by atoms with Crippen LogP contribution in [-0.2, 0) is 17.9 Å². The number of likely N-dealkylation sites (tertiary alicyclic amines) is 1. The van der Waals surface area contributed by atoms with E-state index in [1.807, 2.05) is 72.8 Å². The number of anilines is 1. The molecule has 5 heteroatoms. The molecular weight excluding hydrogens is 408 g/mol. The third kappa shape index (κ3) is 6.33. The molecule has 3 aromatic carbocycles. The molecule has 1 amide bonds. The van der Waals surface area contributed by atoms with Crippen molar-refractivity contribution in [3.05, 3.63) is 95.0 Å². The molecule has 0 bridgehead atoms. The number of carbonyl (C=O) groups is 1. The summed E-state index contributed by atoms with van der Waals surface area (Å²) >= 11 is 6.10. The second kappa shape index (κ2) is 10.5. The van der Waals surface area contributed by atoms with Gasteiger partial charge in [-0.25, -0.2) is 0 Å². The van der Waals surface area contributed by atoms with Crippen molar-refractivity contribution in [1.82, 2.24) is 4.90 Å². The van der Waals surface area contributed by atoms with E-state index < -0.39 is 0 Å². The van der Waals surface area contributed by atoms with E-state index in [0.717, 1.165) is 54.5 Å². The molecule has 1 N–H and O–H groups in total. The Hall–Kier alpha value is -2.82. The van der Waals surface area contributed by atoms with Gasteiger partial charge < -0.3 is 10.1 Å². The Bertz CT molecular complexity index is 992. The van der Waals surface area contributed by atoms with Gasteiger partial charge in [-0.1, -0.05) is 54.1 Å². The monoisotopic (exact) mass is 434 g/mol. The van der Waals surface area contributed by atoms with Crippen LogP contribution >= 0.6 is 11.6 Å². The van der Waals surface area contributed by atoms with Gasteiger partial charge in [0.15, 0.2) is 0 Å². The third-order valence-electron chi connectivity index (χ3n) is 5.54. The van der Waals surface area contributed by atoms with E-state index in [0.29, 0.717) is 6.61 Å². The average Bonchev–Trinajstić information content (AvgIpc) is 2.79. The Morgan fingerprint density at radius 2 is 1.77 bits per heavy atom. The highest BCUT2D eigenvalue weighted by molar-refractivity contribution is 6.30. The highest BCUT2D eigenvalue weighted by Crippen LogP contribution is 2.23. The first-order chi connectivity index (χ1) is 15.2. The van der Waals surface area contributed by atoms with Gasteiger partial charge in [0.2, 0.25) is 5.91 Å².